The molecule has 1 heterocycles. The highest BCUT2D eigenvalue weighted by molar-refractivity contribution is 5.85. The second-order valence-electron chi connectivity index (χ2n) is 5.04. The molecule has 0 saturated carbocycles. The lowest BCUT2D eigenvalue weighted by molar-refractivity contribution is -0.138. The normalized spacial score (nSPS) is 25.2. The molecule has 1 fully saturated rings. The summed E-state index contributed by atoms with van der Waals surface area (Å²) in [5, 5.41) is 8.92. The van der Waals surface area contributed by atoms with E-state index >= 15 is 0 Å². The van der Waals surface area contributed by atoms with Crippen LogP contribution in [0.4, 0.5) is 0 Å². The van der Waals surface area contributed by atoms with E-state index in [1.807, 2.05) is 11.8 Å². The average Bonchev–Trinajstić information content (AvgIpc) is 2.29. The minimum absolute atomic E-state index is 0.0534. The third-order valence-electron chi connectivity index (χ3n) is 3.57. The Balaban J connectivity index is 2.56. The molecule has 2 unspecified atom stereocenters. The molecule has 0 aliphatic carbocycles. The van der Waals surface area contributed by atoms with Crippen LogP contribution in [0.2, 0.25) is 0 Å². The first-order valence-electron chi connectivity index (χ1n) is 6.20. The maximum Gasteiger partial charge on any atom is 0.242 e. The monoisotopic (exact) mass is 228 g/mol. The largest absolute Gasteiger partial charge is 0.396 e. The average molecular weight is 228 g/mol. The number of aliphatic hydroxyl groups excluding tert-OH is 1. The molecule has 0 aromatic heterocycles. The summed E-state index contributed by atoms with van der Waals surface area (Å²) < 4.78 is 0. The quantitative estimate of drug-likeness (QED) is 0.745. The molecular formula is C12H24N2O2. The lowest BCUT2D eigenvalue weighted by atomic mass is 9.92. The number of aliphatic hydroxyl groups is 1. The molecule has 94 valence electrons. The Labute approximate surface area is 97.8 Å². The van der Waals surface area contributed by atoms with Crippen molar-refractivity contribution in [3.05, 3.63) is 0 Å². The zero-order valence-corrected chi connectivity index (χ0v) is 10.4. The summed E-state index contributed by atoms with van der Waals surface area (Å²) in [6.07, 6.45) is 3.58. The van der Waals surface area contributed by atoms with E-state index in [1.54, 1.807) is 6.92 Å². The molecule has 1 saturated heterocycles. The summed E-state index contributed by atoms with van der Waals surface area (Å²) in [4.78, 5) is 14.0. The topological polar surface area (TPSA) is 66.6 Å². The zero-order chi connectivity index (χ0) is 12.2. The van der Waals surface area contributed by atoms with Gasteiger partial charge < -0.3 is 15.7 Å². The Bertz CT molecular complexity index is 239. The van der Waals surface area contributed by atoms with Gasteiger partial charge in [-0.25, -0.2) is 0 Å². The smallest absolute Gasteiger partial charge is 0.242 e. The van der Waals surface area contributed by atoms with Gasteiger partial charge in [-0.1, -0.05) is 6.92 Å². The zero-order valence-electron chi connectivity index (χ0n) is 10.4. The van der Waals surface area contributed by atoms with Gasteiger partial charge >= 0.3 is 0 Å². The molecule has 1 aliphatic rings. The first-order chi connectivity index (χ1) is 7.51. The number of piperidine rings is 1. The van der Waals surface area contributed by atoms with Crippen LogP contribution in [-0.2, 0) is 4.79 Å². The molecule has 4 heteroatoms. The van der Waals surface area contributed by atoms with E-state index in [0.717, 1.165) is 32.4 Å². The van der Waals surface area contributed by atoms with Crippen molar-refractivity contribution in [3.8, 4) is 0 Å². The second-order valence-corrected chi connectivity index (χ2v) is 5.04. The molecule has 3 N–H and O–H groups in total. The van der Waals surface area contributed by atoms with Gasteiger partial charge in [-0.2, -0.15) is 0 Å². The standard InChI is InChI=1S/C12H24N2O2/c1-3-12(2,13)11(16)14-7-4-5-10(9-14)6-8-15/h10,15H,3-9,13H2,1-2H3. The molecule has 0 spiro atoms. The van der Waals surface area contributed by atoms with Crippen molar-refractivity contribution in [2.75, 3.05) is 19.7 Å². The molecule has 0 bridgehead atoms. The van der Waals surface area contributed by atoms with E-state index in [9.17, 15) is 4.79 Å². The van der Waals surface area contributed by atoms with Crippen LogP contribution in [0.5, 0.6) is 0 Å². The first kappa shape index (κ1) is 13.5. The Morgan fingerprint density at radius 1 is 1.62 bits per heavy atom. The fourth-order valence-corrected chi connectivity index (χ4v) is 2.18. The van der Waals surface area contributed by atoms with Crippen molar-refractivity contribution < 1.29 is 9.90 Å². The summed E-state index contributed by atoms with van der Waals surface area (Å²) in [6, 6.07) is 0. The number of nitrogens with zero attached hydrogens (tertiary/aromatic N) is 1. The van der Waals surface area contributed by atoms with Gasteiger partial charge in [0.25, 0.3) is 0 Å². The number of amides is 1. The lowest BCUT2D eigenvalue weighted by Crippen LogP contribution is -2.55. The molecule has 1 rings (SSSR count). The van der Waals surface area contributed by atoms with Crippen LogP contribution in [0.15, 0.2) is 0 Å². The number of carbonyl (C=O) groups excluding carboxylic acids is 1. The van der Waals surface area contributed by atoms with Gasteiger partial charge in [0.2, 0.25) is 5.91 Å². The van der Waals surface area contributed by atoms with Crippen molar-refractivity contribution in [2.45, 2.75) is 45.1 Å². The lowest BCUT2D eigenvalue weighted by Gasteiger charge is -2.37. The molecule has 16 heavy (non-hydrogen) atoms. The fourth-order valence-electron chi connectivity index (χ4n) is 2.18. The highest BCUT2D eigenvalue weighted by atomic mass is 16.3. The Morgan fingerprint density at radius 2 is 2.31 bits per heavy atom. The minimum Gasteiger partial charge on any atom is -0.396 e. The van der Waals surface area contributed by atoms with Crippen LogP contribution >= 0.6 is 0 Å². The highest BCUT2D eigenvalue weighted by Crippen LogP contribution is 2.22. The Morgan fingerprint density at radius 3 is 2.88 bits per heavy atom. The summed E-state index contributed by atoms with van der Waals surface area (Å²) >= 11 is 0. The predicted molar refractivity (Wildman–Crippen MR) is 63.9 cm³/mol. The summed E-state index contributed by atoms with van der Waals surface area (Å²) in [7, 11) is 0. The van der Waals surface area contributed by atoms with Gasteiger partial charge in [0.1, 0.15) is 0 Å². The summed E-state index contributed by atoms with van der Waals surface area (Å²) in [6.45, 7) is 5.51. The number of nitrogens with two attached hydrogens (primary N) is 1. The van der Waals surface area contributed by atoms with E-state index in [0.29, 0.717) is 12.3 Å². The van der Waals surface area contributed by atoms with Crippen molar-refractivity contribution in [1.82, 2.24) is 4.90 Å². The third kappa shape index (κ3) is 3.19. The SMILES string of the molecule is CCC(C)(N)C(=O)N1CCCC(CCO)C1. The number of carbonyl (C=O) groups is 1. The van der Waals surface area contributed by atoms with Crippen LogP contribution in [0.25, 0.3) is 0 Å². The second kappa shape index (κ2) is 5.64. The number of hydrogen-bond donors (Lipinski definition) is 2. The van der Waals surface area contributed by atoms with Crippen LogP contribution in [0, 0.1) is 5.92 Å². The third-order valence-corrected chi connectivity index (χ3v) is 3.57. The van der Waals surface area contributed by atoms with Gasteiger partial charge in [-0.15, -0.1) is 0 Å². The summed E-state index contributed by atoms with van der Waals surface area (Å²) in [5.74, 6) is 0.494. The molecule has 1 aliphatic heterocycles. The molecule has 2 atom stereocenters. The van der Waals surface area contributed by atoms with Crippen LogP contribution in [-0.4, -0.2) is 41.1 Å². The summed E-state index contributed by atoms with van der Waals surface area (Å²) in [5.41, 5.74) is 5.23. The molecular weight excluding hydrogens is 204 g/mol. The molecule has 1 amide bonds. The van der Waals surface area contributed by atoms with Gasteiger partial charge in [0, 0.05) is 19.7 Å². The molecule has 4 nitrogen and oxygen atoms in total. The number of rotatable bonds is 4. The highest BCUT2D eigenvalue weighted by Gasteiger charge is 2.33. The number of hydrogen-bond acceptors (Lipinski definition) is 3. The van der Waals surface area contributed by atoms with Crippen LogP contribution in [0.1, 0.15) is 39.5 Å². The number of likely N-dealkylation sites (tertiary alicyclic amines) is 1. The van der Waals surface area contributed by atoms with E-state index in [2.05, 4.69) is 0 Å². The van der Waals surface area contributed by atoms with E-state index in [1.165, 1.54) is 0 Å². The van der Waals surface area contributed by atoms with Gasteiger partial charge in [-0.3, -0.25) is 4.79 Å². The van der Waals surface area contributed by atoms with E-state index < -0.39 is 5.54 Å². The maximum absolute atomic E-state index is 12.1. The van der Waals surface area contributed by atoms with Crippen molar-refractivity contribution >= 4 is 5.91 Å². The van der Waals surface area contributed by atoms with E-state index in [-0.39, 0.29) is 12.5 Å². The Kier molecular flexibility index (Phi) is 4.74. The van der Waals surface area contributed by atoms with Gasteiger partial charge in [0.15, 0.2) is 0 Å². The van der Waals surface area contributed by atoms with E-state index in [4.69, 9.17) is 10.8 Å². The van der Waals surface area contributed by atoms with Gasteiger partial charge in [0.05, 0.1) is 5.54 Å². The first-order valence-corrected chi connectivity index (χ1v) is 6.20. The van der Waals surface area contributed by atoms with Crippen LogP contribution < -0.4 is 5.73 Å². The maximum atomic E-state index is 12.1. The predicted octanol–water partition coefficient (Wildman–Crippen LogP) is 0.735. The van der Waals surface area contributed by atoms with Gasteiger partial charge in [-0.05, 0) is 38.5 Å². The van der Waals surface area contributed by atoms with Crippen molar-refractivity contribution in [1.29, 1.82) is 0 Å². The Hall–Kier alpha value is -0.610. The molecule has 0 aromatic carbocycles. The fraction of sp³-hybridized carbons (Fsp3) is 0.917. The molecule has 0 aromatic rings. The minimum atomic E-state index is -0.735. The molecule has 0 radical (unpaired) electrons. The van der Waals surface area contributed by atoms with Crippen molar-refractivity contribution in [3.63, 3.8) is 0 Å². The van der Waals surface area contributed by atoms with Crippen molar-refractivity contribution in [2.24, 2.45) is 11.7 Å². The van der Waals surface area contributed by atoms with Crippen LogP contribution in [0.3, 0.4) is 0 Å².